The number of hydrogen-bond donors (Lipinski definition) is 1. The van der Waals surface area contributed by atoms with Crippen LogP contribution in [0.5, 0.6) is 0 Å². The van der Waals surface area contributed by atoms with Crippen LogP contribution < -0.4 is 10.6 Å². The van der Waals surface area contributed by atoms with E-state index >= 15 is 0 Å². The van der Waals surface area contributed by atoms with E-state index in [1.807, 2.05) is 12.1 Å². The first kappa shape index (κ1) is 15.2. The molecule has 0 atom stereocenters. The average molecular weight is 340 g/mol. The van der Waals surface area contributed by atoms with Gasteiger partial charge in [-0.05, 0) is 17.7 Å². The molecule has 0 aliphatic carbocycles. The summed E-state index contributed by atoms with van der Waals surface area (Å²) in [5, 5.41) is 1.70. The minimum Gasteiger partial charge on any atom is -0.463 e. The zero-order valence-corrected chi connectivity index (χ0v) is 14.2. The maximum absolute atomic E-state index is 5.95. The highest BCUT2D eigenvalue weighted by Gasteiger charge is 2.23. The second kappa shape index (κ2) is 6.67. The summed E-state index contributed by atoms with van der Waals surface area (Å²) in [6, 6.07) is 14.4. The Kier molecular flexibility index (Phi) is 4.23. The van der Waals surface area contributed by atoms with Gasteiger partial charge in [-0.1, -0.05) is 41.7 Å². The second-order valence-electron chi connectivity index (χ2n) is 5.93. The summed E-state index contributed by atoms with van der Waals surface area (Å²) >= 11 is 1.54. The summed E-state index contributed by atoms with van der Waals surface area (Å²) in [7, 11) is 0. The van der Waals surface area contributed by atoms with E-state index in [-0.39, 0.29) is 0 Å². The molecule has 5 nitrogen and oxygen atoms in total. The van der Waals surface area contributed by atoms with Gasteiger partial charge in [0.2, 0.25) is 0 Å². The van der Waals surface area contributed by atoms with E-state index < -0.39 is 0 Å². The normalized spacial score (nSPS) is 15.8. The van der Waals surface area contributed by atoms with Gasteiger partial charge in [-0.3, -0.25) is 4.90 Å². The molecule has 0 saturated carbocycles. The molecule has 0 unspecified atom stereocenters. The van der Waals surface area contributed by atoms with E-state index in [2.05, 4.69) is 45.1 Å². The fourth-order valence-electron chi connectivity index (χ4n) is 3.07. The third-order valence-corrected chi connectivity index (χ3v) is 5.23. The Hall–Kier alpha value is -2.31. The molecule has 0 spiro atoms. The molecule has 2 N–H and O–H groups in total. The summed E-state index contributed by atoms with van der Waals surface area (Å²) < 4.78 is 5.52. The lowest BCUT2D eigenvalue weighted by molar-refractivity contribution is 0.250. The molecule has 1 aliphatic heterocycles. The molecule has 6 heteroatoms. The molecular formula is C18H20N4OS. The molecular weight excluding hydrogens is 320 g/mol. The number of nitrogens with zero attached hydrogens (tertiary/aromatic N) is 3. The average Bonchev–Trinajstić information content (AvgIpc) is 3.26. The Balaban J connectivity index is 1.45. The minimum absolute atomic E-state index is 0.586. The van der Waals surface area contributed by atoms with Crippen molar-refractivity contribution in [2.75, 3.05) is 36.8 Å². The van der Waals surface area contributed by atoms with Crippen molar-refractivity contribution in [1.29, 1.82) is 0 Å². The van der Waals surface area contributed by atoms with Gasteiger partial charge in [0.1, 0.15) is 10.7 Å². The van der Waals surface area contributed by atoms with E-state index in [1.165, 1.54) is 16.9 Å². The zero-order chi connectivity index (χ0) is 16.4. The van der Waals surface area contributed by atoms with Crippen molar-refractivity contribution in [2.24, 2.45) is 0 Å². The molecule has 1 aromatic carbocycles. The Bertz CT molecular complexity index is 777. The molecule has 24 heavy (non-hydrogen) atoms. The number of hydrogen-bond acceptors (Lipinski definition) is 6. The predicted octanol–water partition coefficient (Wildman–Crippen LogP) is 3.31. The van der Waals surface area contributed by atoms with Crippen LogP contribution >= 0.6 is 11.3 Å². The van der Waals surface area contributed by atoms with E-state index in [1.54, 1.807) is 6.26 Å². The van der Waals surface area contributed by atoms with Crippen LogP contribution in [0.2, 0.25) is 0 Å². The minimum atomic E-state index is 0.586. The number of nitrogen functional groups attached to an aromatic ring is 1. The van der Waals surface area contributed by atoms with Crippen LogP contribution in [0, 0.1) is 0 Å². The number of nitrogens with two attached hydrogens (primary N) is 1. The van der Waals surface area contributed by atoms with Crippen LogP contribution in [0.3, 0.4) is 0 Å². The first-order valence-electron chi connectivity index (χ1n) is 8.11. The van der Waals surface area contributed by atoms with Crippen molar-refractivity contribution in [1.82, 2.24) is 9.88 Å². The van der Waals surface area contributed by atoms with Crippen LogP contribution in [-0.4, -0.2) is 36.1 Å². The van der Waals surface area contributed by atoms with Crippen molar-refractivity contribution in [3.05, 3.63) is 54.3 Å². The van der Waals surface area contributed by atoms with Gasteiger partial charge >= 0.3 is 0 Å². The van der Waals surface area contributed by atoms with Crippen molar-refractivity contribution < 1.29 is 4.42 Å². The predicted molar refractivity (Wildman–Crippen MR) is 98.2 cm³/mol. The van der Waals surface area contributed by atoms with Crippen molar-refractivity contribution in [3.63, 3.8) is 0 Å². The second-order valence-corrected chi connectivity index (χ2v) is 6.94. The lowest BCUT2D eigenvalue weighted by atomic mass is 10.2. The molecule has 1 fully saturated rings. The van der Waals surface area contributed by atoms with Gasteiger partial charge in [0.05, 0.1) is 6.26 Å². The molecule has 3 heterocycles. The molecule has 2 aromatic heterocycles. The van der Waals surface area contributed by atoms with Gasteiger partial charge < -0.3 is 15.1 Å². The molecule has 1 aliphatic rings. The van der Waals surface area contributed by atoms with Crippen molar-refractivity contribution in [3.8, 4) is 11.5 Å². The molecule has 0 radical (unpaired) electrons. The van der Waals surface area contributed by atoms with Crippen LogP contribution in [0.1, 0.15) is 5.56 Å². The Labute approximate surface area is 145 Å². The monoisotopic (exact) mass is 340 g/mol. The summed E-state index contributed by atoms with van der Waals surface area (Å²) in [5.41, 5.74) is 8.18. The maximum Gasteiger partial charge on any atom is 0.182 e. The number of piperazine rings is 1. The summed E-state index contributed by atoms with van der Waals surface area (Å²) in [4.78, 5) is 9.32. The number of anilines is 2. The van der Waals surface area contributed by atoms with Crippen LogP contribution in [0.4, 0.5) is 10.1 Å². The topological polar surface area (TPSA) is 58.5 Å². The third kappa shape index (κ3) is 3.16. The standard InChI is InChI=1S/C18H20N4OS/c19-18-20-16(15-7-4-12-23-15)17(24-18)22-10-8-21(9-11-22)13-14-5-2-1-3-6-14/h1-7,12H,8-11,13H2,(H2,19,20). The molecule has 1 saturated heterocycles. The molecule has 124 valence electrons. The molecule has 3 aromatic rings. The highest BCUT2D eigenvalue weighted by Crippen LogP contribution is 2.38. The van der Waals surface area contributed by atoms with Gasteiger partial charge in [-0.25, -0.2) is 4.98 Å². The lowest BCUT2D eigenvalue weighted by Crippen LogP contribution is -2.45. The maximum atomic E-state index is 5.95. The summed E-state index contributed by atoms with van der Waals surface area (Å²) in [6.45, 7) is 5.02. The Morgan fingerprint density at radius 2 is 1.83 bits per heavy atom. The largest absolute Gasteiger partial charge is 0.463 e. The van der Waals surface area contributed by atoms with Crippen molar-refractivity contribution >= 4 is 21.5 Å². The number of aromatic nitrogens is 1. The highest BCUT2D eigenvalue weighted by molar-refractivity contribution is 7.19. The van der Waals surface area contributed by atoms with Gasteiger partial charge in [0.25, 0.3) is 0 Å². The van der Waals surface area contributed by atoms with Crippen LogP contribution in [-0.2, 0) is 6.54 Å². The SMILES string of the molecule is Nc1nc(-c2ccco2)c(N2CCN(Cc3ccccc3)CC2)s1. The summed E-state index contributed by atoms with van der Waals surface area (Å²) in [6.07, 6.45) is 1.67. The van der Waals surface area contributed by atoms with E-state index in [0.29, 0.717) is 5.13 Å². The molecule has 0 amide bonds. The van der Waals surface area contributed by atoms with Gasteiger partial charge in [-0.15, -0.1) is 0 Å². The van der Waals surface area contributed by atoms with Gasteiger partial charge in [0, 0.05) is 32.7 Å². The first-order chi connectivity index (χ1) is 11.8. The molecule has 0 bridgehead atoms. The number of rotatable bonds is 4. The van der Waals surface area contributed by atoms with Gasteiger partial charge in [-0.2, -0.15) is 0 Å². The van der Waals surface area contributed by atoms with E-state index in [9.17, 15) is 0 Å². The van der Waals surface area contributed by atoms with E-state index in [0.717, 1.165) is 49.2 Å². The fourth-order valence-corrected chi connectivity index (χ4v) is 3.96. The van der Waals surface area contributed by atoms with Gasteiger partial charge in [0.15, 0.2) is 10.9 Å². The highest BCUT2D eigenvalue weighted by atomic mass is 32.1. The first-order valence-corrected chi connectivity index (χ1v) is 8.92. The lowest BCUT2D eigenvalue weighted by Gasteiger charge is -2.35. The third-order valence-electron chi connectivity index (χ3n) is 4.29. The molecule has 4 rings (SSSR count). The number of furan rings is 1. The number of benzene rings is 1. The van der Waals surface area contributed by atoms with Crippen molar-refractivity contribution in [2.45, 2.75) is 6.54 Å². The smallest absolute Gasteiger partial charge is 0.182 e. The Morgan fingerprint density at radius 1 is 1.04 bits per heavy atom. The van der Waals surface area contributed by atoms with E-state index in [4.69, 9.17) is 10.2 Å². The number of thiazole rings is 1. The van der Waals surface area contributed by atoms with Crippen LogP contribution in [0.15, 0.2) is 53.1 Å². The quantitative estimate of drug-likeness (QED) is 0.790. The summed E-state index contributed by atoms with van der Waals surface area (Å²) in [5.74, 6) is 0.782. The fraction of sp³-hybridized carbons (Fsp3) is 0.278. The zero-order valence-electron chi connectivity index (χ0n) is 13.4. The Morgan fingerprint density at radius 3 is 2.54 bits per heavy atom. The van der Waals surface area contributed by atoms with Crippen LogP contribution in [0.25, 0.3) is 11.5 Å².